The van der Waals surface area contributed by atoms with Gasteiger partial charge in [-0.2, -0.15) is 4.57 Å². The summed E-state index contributed by atoms with van der Waals surface area (Å²) >= 11 is 0. The fraction of sp³-hybridized carbons (Fsp3) is 0.200. The SMILES string of the molecule is COC(=O)c1ccc(C)[n+](Cc2ccccc2)c1.[Br-]. The number of methoxy groups -OCH3 is 1. The van der Waals surface area contributed by atoms with Crippen molar-refractivity contribution in [3.05, 3.63) is 65.5 Å². The van der Waals surface area contributed by atoms with Gasteiger partial charge in [0.1, 0.15) is 5.56 Å². The van der Waals surface area contributed by atoms with E-state index in [2.05, 4.69) is 12.1 Å². The van der Waals surface area contributed by atoms with Crippen molar-refractivity contribution in [2.45, 2.75) is 13.5 Å². The molecule has 0 unspecified atom stereocenters. The van der Waals surface area contributed by atoms with Crippen molar-refractivity contribution in [1.82, 2.24) is 0 Å². The highest BCUT2D eigenvalue weighted by molar-refractivity contribution is 5.88. The van der Waals surface area contributed by atoms with Crippen molar-refractivity contribution in [3.8, 4) is 0 Å². The van der Waals surface area contributed by atoms with Crippen LogP contribution in [0, 0.1) is 6.92 Å². The number of hydrogen-bond donors (Lipinski definition) is 0. The van der Waals surface area contributed by atoms with Crippen LogP contribution in [-0.4, -0.2) is 13.1 Å². The zero-order valence-corrected chi connectivity index (χ0v) is 12.6. The number of esters is 1. The van der Waals surface area contributed by atoms with Crippen LogP contribution < -0.4 is 21.5 Å². The number of halogens is 1. The van der Waals surface area contributed by atoms with Crippen LogP contribution in [0.1, 0.15) is 21.6 Å². The average molecular weight is 322 g/mol. The van der Waals surface area contributed by atoms with Gasteiger partial charge >= 0.3 is 5.97 Å². The molecule has 0 amide bonds. The number of ether oxygens (including phenoxy) is 1. The Labute approximate surface area is 123 Å². The highest BCUT2D eigenvalue weighted by Crippen LogP contribution is 2.03. The first-order valence-corrected chi connectivity index (χ1v) is 5.83. The van der Waals surface area contributed by atoms with E-state index in [0.717, 1.165) is 12.2 Å². The first-order valence-electron chi connectivity index (χ1n) is 5.83. The van der Waals surface area contributed by atoms with Gasteiger partial charge in [-0.1, -0.05) is 30.3 Å². The topological polar surface area (TPSA) is 30.2 Å². The minimum Gasteiger partial charge on any atom is -1.00 e. The minimum atomic E-state index is -0.309. The summed E-state index contributed by atoms with van der Waals surface area (Å²) in [6.45, 7) is 2.77. The van der Waals surface area contributed by atoms with Gasteiger partial charge in [-0.25, -0.2) is 4.79 Å². The molecule has 1 aromatic carbocycles. The van der Waals surface area contributed by atoms with Crippen LogP contribution in [-0.2, 0) is 11.3 Å². The van der Waals surface area contributed by atoms with Gasteiger partial charge in [0.25, 0.3) is 0 Å². The Morgan fingerprint density at radius 1 is 1.16 bits per heavy atom. The third kappa shape index (κ3) is 3.89. The lowest BCUT2D eigenvalue weighted by Crippen LogP contribution is -3.00. The standard InChI is InChI=1S/C15H16NO2.BrH/c1-12-8-9-14(15(17)18-2)11-16(12)10-13-6-4-3-5-7-13;/h3-9,11H,10H2,1-2H3;1H/q+1;/p-1. The summed E-state index contributed by atoms with van der Waals surface area (Å²) in [4.78, 5) is 11.5. The van der Waals surface area contributed by atoms with Gasteiger partial charge in [0, 0.05) is 18.6 Å². The third-order valence-corrected chi connectivity index (χ3v) is 2.87. The van der Waals surface area contributed by atoms with Crippen LogP contribution >= 0.6 is 0 Å². The zero-order chi connectivity index (χ0) is 13.0. The van der Waals surface area contributed by atoms with E-state index in [0.29, 0.717) is 5.56 Å². The number of aryl methyl sites for hydroxylation is 1. The van der Waals surface area contributed by atoms with Crippen molar-refractivity contribution in [2.75, 3.05) is 7.11 Å². The van der Waals surface area contributed by atoms with Crippen LogP contribution in [0.4, 0.5) is 0 Å². The maximum absolute atomic E-state index is 11.5. The molecule has 4 heteroatoms. The second-order valence-corrected chi connectivity index (χ2v) is 4.16. The maximum atomic E-state index is 11.5. The van der Waals surface area contributed by atoms with Crippen molar-refractivity contribution in [3.63, 3.8) is 0 Å². The molecule has 0 fully saturated rings. The number of hydrogen-bond acceptors (Lipinski definition) is 2. The molecule has 0 bridgehead atoms. The predicted octanol–water partition coefficient (Wildman–Crippen LogP) is -0.879. The summed E-state index contributed by atoms with van der Waals surface area (Å²) in [6, 6.07) is 13.9. The maximum Gasteiger partial charge on any atom is 0.343 e. The van der Waals surface area contributed by atoms with E-state index < -0.39 is 0 Å². The third-order valence-electron chi connectivity index (χ3n) is 2.87. The van der Waals surface area contributed by atoms with E-state index >= 15 is 0 Å². The van der Waals surface area contributed by atoms with E-state index in [9.17, 15) is 4.79 Å². The van der Waals surface area contributed by atoms with Gasteiger partial charge in [-0.15, -0.1) is 0 Å². The molecule has 19 heavy (non-hydrogen) atoms. The van der Waals surface area contributed by atoms with Crippen LogP contribution in [0.15, 0.2) is 48.7 Å². The van der Waals surface area contributed by atoms with Crippen molar-refractivity contribution in [1.29, 1.82) is 0 Å². The fourth-order valence-corrected chi connectivity index (χ4v) is 1.81. The molecule has 0 N–H and O–H groups in total. The Morgan fingerprint density at radius 2 is 1.84 bits per heavy atom. The molecule has 2 rings (SSSR count). The zero-order valence-electron chi connectivity index (χ0n) is 11.0. The lowest BCUT2D eigenvalue weighted by molar-refractivity contribution is -0.694. The number of benzene rings is 1. The number of nitrogens with zero attached hydrogens (tertiary/aromatic N) is 1. The summed E-state index contributed by atoms with van der Waals surface area (Å²) in [5.74, 6) is -0.309. The lowest BCUT2D eigenvalue weighted by atomic mass is 10.2. The van der Waals surface area contributed by atoms with Gasteiger partial charge in [0.05, 0.1) is 7.11 Å². The van der Waals surface area contributed by atoms with Crippen LogP contribution in [0.5, 0.6) is 0 Å². The normalized spacial score (nSPS) is 9.58. The van der Waals surface area contributed by atoms with Crippen molar-refractivity contribution < 1.29 is 31.1 Å². The minimum absolute atomic E-state index is 0. The van der Waals surface area contributed by atoms with E-state index in [4.69, 9.17) is 4.74 Å². The van der Waals surface area contributed by atoms with Gasteiger partial charge < -0.3 is 21.7 Å². The molecule has 0 atom stereocenters. The molecule has 0 aliphatic heterocycles. The average Bonchev–Trinajstić information content (AvgIpc) is 2.41. The fourth-order valence-electron chi connectivity index (χ4n) is 1.81. The first-order chi connectivity index (χ1) is 8.70. The number of carbonyl (C=O) groups is 1. The summed E-state index contributed by atoms with van der Waals surface area (Å²) in [5.41, 5.74) is 2.87. The number of aromatic nitrogens is 1. The summed E-state index contributed by atoms with van der Waals surface area (Å²) in [5, 5.41) is 0. The number of carbonyl (C=O) groups excluding carboxylic acids is 1. The molecule has 0 saturated heterocycles. The molecule has 100 valence electrons. The number of pyridine rings is 1. The van der Waals surface area contributed by atoms with E-state index in [1.807, 2.05) is 42.0 Å². The monoisotopic (exact) mass is 321 g/mol. The number of rotatable bonds is 3. The molecular formula is C15H16BrNO2. The smallest absolute Gasteiger partial charge is 0.343 e. The van der Waals surface area contributed by atoms with Crippen molar-refractivity contribution >= 4 is 5.97 Å². The largest absolute Gasteiger partial charge is 1.00 e. The summed E-state index contributed by atoms with van der Waals surface area (Å²) in [6.07, 6.45) is 1.83. The Morgan fingerprint density at radius 3 is 2.47 bits per heavy atom. The highest BCUT2D eigenvalue weighted by atomic mass is 79.9. The summed E-state index contributed by atoms with van der Waals surface area (Å²) in [7, 11) is 1.39. The second-order valence-electron chi connectivity index (χ2n) is 4.16. The molecule has 0 saturated carbocycles. The first kappa shape index (κ1) is 15.4. The molecule has 1 heterocycles. The molecule has 1 aromatic heterocycles. The Balaban J connectivity index is 0.00000180. The van der Waals surface area contributed by atoms with Crippen LogP contribution in [0.25, 0.3) is 0 Å². The van der Waals surface area contributed by atoms with E-state index in [-0.39, 0.29) is 23.0 Å². The summed E-state index contributed by atoms with van der Waals surface area (Å²) < 4.78 is 6.77. The van der Waals surface area contributed by atoms with E-state index in [1.165, 1.54) is 12.7 Å². The van der Waals surface area contributed by atoms with Crippen molar-refractivity contribution in [2.24, 2.45) is 0 Å². The lowest BCUT2D eigenvalue weighted by Gasteiger charge is -2.03. The van der Waals surface area contributed by atoms with Gasteiger partial charge in [0.15, 0.2) is 18.4 Å². The Kier molecular flexibility index (Phi) is 5.70. The molecule has 0 aliphatic carbocycles. The van der Waals surface area contributed by atoms with Crippen LogP contribution in [0.3, 0.4) is 0 Å². The molecule has 0 radical (unpaired) electrons. The quantitative estimate of drug-likeness (QED) is 0.543. The molecule has 2 aromatic rings. The Hall–Kier alpha value is -1.68. The van der Waals surface area contributed by atoms with Gasteiger partial charge in [-0.3, -0.25) is 0 Å². The van der Waals surface area contributed by atoms with Crippen LogP contribution in [0.2, 0.25) is 0 Å². The van der Waals surface area contributed by atoms with E-state index in [1.54, 1.807) is 6.07 Å². The highest BCUT2D eigenvalue weighted by Gasteiger charge is 2.13. The second kappa shape index (κ2) is 7.04. The van der Waals surface area contributed by atoms with Gasteiger partial charge in [-0.05, 0) is 6.07 Å². The van der Waals surface area contributed by atoms with Gasteiger partial charge in [0.2, 0.25) is 0 Å². The predicted molar refractivity (Wildman–Crippen MR) is 68.3 cm³/mol. The Bertz CT molecular complexity index is 555. The molecule has 0 spiro atoms. The molecular weight excluding hydrogens is 306 g/mol. The molecule has 3 nitrogen and oxygen atoms in total. The molecule has 0 aliphatic rings.